The number of rotatable bonds is 7. The fraction of sp³-hybridized carbons (Fsp3) is 0.190. The highest BCUT2D eigenvalue weighted by molar-refractivity contribution is 7.99. The Morgan fingerprint density at radius 1 is 1.17 bits per heavy atom. The number of nitrogens with zero attached hydrogens (tertiary/aromatic N) is 2. The van der Waals surface area contributed by atoms with Crippen LogP contribution in [-0.4, -0.2) is 28.2 Å². The number of halogens is 2. The summed E-state index contributed by atoms with van der Waals surface area (Å²) in [4.78, 5) is 20.8. The molecule has 0 aliphatic carbocycles. The quantitative estimate of drug-likeness (QED) is 0.430. The molecule has 1 N–H and O–H groups in total. The van der Waals surface area contributed by atoms with Crippen molar-refractivity contribution >= 4 is 23.4 Å². The number of aryl methyl sites for hydroxylation is 2. The molecule has 3 rings (SSSR count). The normalized spacial score (nSPS) is 10.8. The van der Waals surface area contributed by atoms with Crippen LogP contribution in [0.4, 0.5) is 14.5 Å². The van der Waals surface area contributed by atoms with Gasteiger partial charge in [0.25, 0.3) is 0 Å². The van der Waals surface area contributed by atoms with E-state index in [0.717, 1.165) is 16.8 Å². The van der Waals surface area contributed by atoms with Crippen LogP contribution < -0.4 is 10.1 Å². The van der Waals surface area contributed by atoms with Gasteiger partial charge in [-0.25, -0.2) is 9.97 Å². The van der Waals surface area contributed by atoms with Gasteiger partial charge in [0.2, 0.25) is 5.91 Å². The van der Waals surface area contributed by atoms with Crippen LogP contribution in [-0.2, 0) is 4.79 Å². The molecule has 3 aromatic rings. The second-order valence-corrected chi connectivity index (χ2v) is 7.23. The van der Waals surface area contributed by atoms with E-state index in [1.165, 1.54) is 23.9 Å². The second kappa shape index (κ2) is 9.47. The maximum Gasteiger partial charge on any atom is 0.387 e. The number of anilines is 1. The van der Waals surface area contributed by atoms with E-state index < -0.39 is 6.61 Å². The summed E-state index contributed by atoms with van der Waals surface area (Å²) in [5.74, 6) is 0.0344. The molecule has 1 aromatic heterocycles. The van der Waals surface area contributed by atoms with E-state index in [9.17, 15) is 13.6 Å². The molecular weight excluding hydrogens is 396 g/mol. The molecule has 1 amide bonds. The summed E-state index contributed by atoms with van der Waals surface area (Å²) in [5.41, 5.74) is 4.06. The van der Waals surface area contributed by atoms with Crippen molar-refractivity contribution in [3.8, 4) is 17.0 Å². The Morgan fingerprint density at radius 2 is 2.00 bits per heavy atom. The molecule has 0 saturated heterocycles. The molecule has 8 heteroatoms. The molecule has 0 atom stereocenters. The molecule has 5 nitrogen and oxygen atoms in total. The van der Waals surface area contributed by atoms with Gasteiger partial charge in [-0.1, -0.05) is 41.6 Å². The molecular formula is C21H19F2N3O2S. The van der Waals surface area contributed by atoms with E-state index in [1.807, 2.05) is 32.0 Å². The van der Waals surface area contributed by atoms with Crippen LogP contribution in [0.2, 0.25) is 0 Å². The van der Waals surface area contributed by atoms with E-state index in [1.54, 1.807) is 24.4 Å². The Labute approximate surface area is 171 Å². The smallest absolute Gasteiger partial charge is 0.387 e. The standard InChI is InChI=1S/C21H19F2N3O2S/c1-13-6-7-17(14(2)10-13)25-19(27)12-29-21-24-9-8-18(26-21)15-4-3-5-16(11-15)28-20(22)23/h3-11,20H,12H2,1-2H3,(H,25,27). The predicted molar refractivity (Wildman–Crippen MR) is 109 cm³/mol. The first-order valence-electron chi connectivity index (χ1n) is 8.79. The summed E-state index contributed by atoms with van der Waals surface area (Å²) in [7, 11) is 0. The van der Waals surface area contributed by atoms with Gasteiger partial charge < -0.3 is 10.1 Å². The summed E-state index contributed by atoms with van der Waals surface area (Å²) >= 11 is 1.19. The average Bonchev–Trinajstić information content (AvgIpc) is 2.68. The first-order valence-corrected chi connectivity index (χ1v) is 9.77. The molecule has 0 fully saturated rings. The molecule has 0 radical (unpaired) electrons. The molecule has 0 bridgehead atoms. The Bertz CT molecular complexity index is 1010. The molecule has 0 aliphatic rings. The summed E-state index contributed by atoms with van der Waals surface area (Å²) < 4.78 is 29.2. The lowest BCUT2D eigenvalue weighted by atomic mass is 10.1. The van der Waals surface area contributed by atoms with E-state index in [0.29, 0.717) is 16.4 Å². The van der Waals surface area contributed by atoms with E-state index in [2.05, 4.69) is 20.0 Å². The van der Waals surface area contributed by atoms with Gasteiger partial charge in [0.15, 0.2) is 5.16 Å². The molecule has 1 heterocycles. The van der Waals surface area contributed by atoms with E-state index in [4.69, 9.17) is 0 Å². The summed E-state index contributed by atoms with van der Waals surface area (Å²) in [5, 5.41) is 3.29. The van der Waals surface area contributed by atoms with Crippen molar-refractivity contribution in [2.75, 3.05) is 11.1 Å². The summed E-state index contributed by atoms with van der Waals surface area (Å²) in [6, 6.07) is 13.8. The van der Waals surface area contributed by atoms with Gasteiger partial charge in [-0.15, -0.1) is 0 Å². The van der Waals surface area contributed by atoms with Gasteiger partial charge in [-0.05, 0) is 43.7 Å². The monoisotopic (exact) mass is 415 g/mol. The molecule has 0 aliphatic heterocycles. The molecule has 0 spiro atoms. The Morgan fingerprint density at radius 3 is 2.76 bits per heavy atom. The fourth-order valence-corrected chi connectivity index (χ4v) is 3.30. The minimum atomic E-state index is -2.89. The second-order valence-electron chi connectivity index (χ2n) is 6.29. The molecule has 0 saturated carbocycles. The third-order valence-corrected chi connectivity index (χ3v) is 4.84. The summed E-state index contributed by atoms with van der Waals surface area (Å²) in [6.45, 7) is 1.04. The predicted octanol–water partition coefficient (Wildman–Crippen LogP) is 5.09. The van der Waals surface area contributed by atoms with Gasteiger partial charge in [0.05, 0.1) is 11.4 Å². The zero-order chi connectivity index (χ0) is 20.8. The van der Waals surface area contributed by atoms with Crippen molar-refractivity contribution in [1.29, 1.82) is 0 Å². The number of aromatic nitrogens is 2. The van der Waals surface area contributed by atoms with Crippen molar-refractivity contribution in [2.24, 2.45) is 0 Å². The number of thioether (sulfide) groups is 1. The fourth-order valence-electron chi connectivity index (χ4n) is 2.67. The lowest BCUT2D eigenvalue weighted by Crippen LogP contribution is -2.15. The molecule has 29 heavy (non-hydrogen) atoms. The topological polar surface area (TPSA) is 64.1 Å². The minimum absolute atomic E-state index is 0.0539. The van der Waals surface area contributed by atoms with Crippen molar-refractivity contribution in [1.82, 2.24) is 9.97 Å². The van der Waals surface area contributed by atoms with E-state index in [-0.39, 0.29) is 17.4 Å². The Kier molecular flexibility index (Phi) is 6.77. The Balaban J connectivity index is 1.65. The van der Waals surface area contributed by atoms with Crippen molar-refractivity contribution in [2.45, 2.75) is 25.6 Å². The van der Waals surface area contributed by atoms with Crippen molar-refractivity contribution in [3.63, 3.8) is 0 Å². The van der Waals surface area contributed by atoms with Gasteiger partial charge in [0, 0.05) is 17.4 Å². The Hall–Kier alpha value is -3.00. The SMILES string of the molecule is Cc1ccc(NC(=O)CSc2nccc(-c3cccc(OC(F)F)c3)n2)c(C)c1. The number of amides is 1. The lowest BCUT2D eigenvalue weighted by molar-refractivity contribution is -0.113. The number of alkyl halides is 2. The van der Waals surface area contributed by atoms with Crippen LogP contribution >= 0.6 is 11.8 Å². The first-order chi connectivity index (χ1) is 13.9. The number of hydrogen-bond donors (Lipinski definition) is 1. The highest BCUT2D eigenvalue weighted by atomic mass is 32.2. The van der Waals surface area contributed by atoms with Crippen molar-refractivity contribution in [3.05, 3.63) is 65.9 Å². The maximum atomic E-state index is 12.4. The number of hydrogen-bond acceptors (Lipinski definition) is 5. The molecule has 2 aromatic carbocycles. The lowest BCUT2D eigenvalue weighted by Gasteiger charge is -2.09. The zero-order valence-electron chi connectivity index (χ0n) is 15.9. The summed E-state index contributed by atoms with van der Waals surface area (Å²) in [6.07, 6.45) is 1.56. The van der Waals surface area contributed by atoms with Gasteiger partial charge in [0.1, 0.15) is 5.75 Å². The number of ether oxygens (including phenoxy) is 1. The van der Waals surface area contributed by atoms with Crippen LogP contribution in [0.3, 0.4) is 0 Å². The van der Waals surface area contributed by atoms with Crippen LogP contribution in [0.15, 0.2) is 59.9 Å². The van der Waals surface area contributed by atoms with E-state index >= 15 is 0 Å². The van der Waals surface area contributed by atoms with Crippen LogP contribution in [0.5, 0.6) is 5.75 Å². The highest BCUT2D eigenvalue weighted by Gasteiger charge is 2.10. The minimum Gasteiger partial charge on any atom is -0.435 e. The number of benzene rings is 2. The van der Waals surface area contributed by atoms with Crippen LogP contribution in [0, 0.1) is 13.8 Å². The van der Waals surface area contributed by atoms with Gasteiger partial charge in [-0.3, -0.25) is 4.79 Å². The van der Waals surface area contributed by atoms with Gasteiger partial charge in [-0.2, -0.15) is 8.78 Å². The van der Waals surface area contributed by atoms with Crippen molar-refractivity contribution < 1.29 is 18.3 Å². The molecule has 150 valence electrons. The average molecular weight is 415 g/mol. The number of carbonyl (C=O) groups is 1. The molecule has 0 unspecified atom stereocenters. The highest BCUT2D eigenvalue weighted by Crippen LogP contribution is 2.25. The largest absolute Gasteiger partial charge is 0.435 e. The van der Waals surface area contributed by atoms with Crippen LogP contribution in [0.1, 0.15) is 11.1 Å². The number of carbonyl (C=O) groups excluding carboxylic acids is 1. The van der Waals surface area contributed by atoms with Gasteiger partial charge >= 0.3 is 6.61 Å². The zero-order valence-corrected chi connectivity index (χ0v) is 16.7. The number of nitrogens with one attached hydrogen (secondary N) is 1. The first kappa shape index (κ1) is 20.7. The van der Waals surface area contributed by atoms with Crippen LogP contribution in [0.25, 0.3) is 11.3 Å². The third kappa shape index (κ3) is 5.99. The third-order valence-electron chi connectivity index (χ3n) is 3.98. The maximum absolute atomic E-state index is 12.4.